The average molecular weight is 664 g/mol. The minimum absolute atomic E-state index is 0.104. The molecule has 2 aliphatic heterocycles. The number of nitrogens with two attached hydrogens (primary N) is 1. The number of fused-ring (bicyclic) bond motifs is 1. The number of nitrogens with one attached hydrogen (secondary N) is 1. The van der Waals surface area contributed by atoms with E-state index in [9.17, 15) is 23.1 Å². The van der Waals surface area contributed by atoms with Crippen molar-refractivity contribution in [2.45, 2.75) is 62.2 Å². The van der Waals surface area contributed by atoms with Crippen molar-refractivity contribution in [1.82, 2.24) is 15.1 Å². The highest BCUT2D eigenvalue weighted by molar-refractivity contribution is 7.92. The highest BCUT2D eigenvalue weighted by Gasteiger charge is 2.37. The van der Waals surface area contributed by atoms with E-state index in [0.717, 1.165) is 17.5 Å². The molecule has 0 spiro atoms. The minimum atomic E-state index is -3.54. The zero-order valence-electron chi connectivity index (χ0n) is 27.6. The Labute approximate surface area is 277 Å². The summed E-state index contributed by atoms with van der Waals surface area (Å²) in [6, 6.07) is 12.4. The number of carbonyl (C=O) groups is 2. The van der Waals surface area contributed by atoms with Crippen LogP contribution >= 0.6 is 0 Å². The number of hydrogen-bond acceptors (Lipinski definition) is 9. The van der Waals surface area contributed by atoms with Gasteiger partial charge in [0, 0.05) is 50.7 Å². The van der Waals surface area contributed by atoms with Crippen molar-refractivity contribution in [2.75, 3.05) is 46.6 Å². The van der Waals surface area contributed by atoms with Gasteiger partial charge in [0.15, 0.2) is 9.84 Å². The van der Waals surface area contributed by atoms with Crippen LogP contribution in [0, 0.1) is 11.8 Å². The molecule has 47 heavy (non-hydrogen) atoms. The second-order valence-corrected chi connectivity index (χ2v) is 14.6. The van der Waals surface area contributed by atoms with E-state index < -0.39 is 15.1 Å². The first-order valence-electron chi connectivity index (χ1n) is 15.8. The van der Waals surface area contributed by atoms with Gasteiger partial charge in [0.05, 0.1) is 41.3 Å². The van der Waals surface area contributed by atoms with E-state index in [1.165, 1.54) is 0 Å². The third-order valence-corrected chi connectivity index (χ3v) is 10.5. The number of sulfone groups is 1. The number of aliphatic imine (C=N–C) groups is 1. The number of carbonyl (C=O) groups excluding carboxylic acids is 2. The van der Waals surface area contributed by atoms with Gasteiger partial charge < -0.3 is 25.8 Å². The maximum absolute atomic E-state index is 13.6. The summed E-state index contributed by atoms with van der Waals surface area (Å²) in [4.78, 5) is 33.9. The molecule has 252 valence electrons. The van der Waals surface area contributed by atoms with Crippen LogP contribution in [0.3, 0.4) is 0 Å². The van der Waals surface area contributed by atoms with Gasteiger partial charge in [-0.3, -0.25) is 14.5 Å². The minimum Gasteiger partial charge on any atom is -0.387 e. The summed E-state index contributed by atoms with van der Waals surface area (Å²) in [5.41, 5.74) is 9.20. The molecular formula is C35H45N5O6S. The van der Waals surface area contributed by atoms with Crippen LogP contribution in [0.15, 0.2) is 57.9 Å². The predicted octanol–water partition coefficient (Wildman–Crippen LogP) is 3.10. The summed E-state index contributed by atoms with van der Waals surface area (Å²) < 4.78 is 31.7. The number of aliphatic hydroxyl groups is 1. The van der Waals surface area contributed by atoms with Crippen LogP contribution in [0.4, 0.5) is 5.69 Å². The second-order valence-electron chi connectivity index (χ2n) is 12.4. The largest absolute Gasteiger partial charge is 0.387 e. The molecule has 2 aromatic carbocycles. The van der Waals surface area contributed by atoms with Crippen LogP contribution in [0.5, 0.6) is 0 Å². The normalized spacial score (nSPS) is 15.3. The molecular weight excluding hydrogens is 618 g/mol. The van der Waals surface area contributed by atoms with Crippen LogP contribution in [-0.2, 0) is 24.2 Å². The van der Waals surface area contributed by atoms with E-state index in [1.807, 2.05) is 45.0 Å². The quantitative estimate of drug-likeness (QED) is 0.276. The number of likely N-dealkylation sites (tertiary alicyclic amines) is 1. The number of ether oxygens (including phenoxy) is 1. The zero-order chi connectivity index (χ0) is 34.2. The first-order valence-corrected chi connectivity index (χ1v) is 17.3. The molecule has 12 heteroatoms. The summed E-state index contributed by atoms with van der Waals surface area (Å²) in [6.45, 7) is 7.19. The molecule has 0 unspecified atom stereocenters. The lowest BCUT2D eigenvalue weighted by atomic mass is 10.0. The molecule has 0 atom stereocenters. The fraction of sp³-hybridized carbons (Fsp3) is 0.457. The smallest absolute Gasteiger partial charge is 0.251 e. The Bertz CT molecular complexity index is 1700. The molecule has 0 aromatic heterocycles. The van der Waals surface area contributed by atoms with Crippen LogP contribution in [0.2, 0.25) is 0 Å². The fourth-order valence-corrected chi connectivity index (χ4v) is 7.03. The monoisotopic (exact) mass is 663 g/mol. The van der Waals surface area contributed by atoms with E-state index in [1.54, 1.807) is 41.2 Å². The highest BCUT2D eigenvalue weighted by atomic mass is 32.2. The first-order chi connectivity index (χ1) is 22.4. The Hall–Kier alpha value is -4.02. The van der Waals surface area contributed by atoms with Gasteiger partial charge in [-0.05, 0) is 62.1 Å². The van der Waals surface area contributed by atoms with Crippen LogP contribution in [0.1, 0.15) is 52.0 Å². The van der Waals surface area contributed by atoms with Crippen molar-refractivity contribution >= 4 is 39.3 Å². The average Bonchev–Trinajstić information content (AvgIpc) is 3.19. The number of benzene rings is 2. The van der Waals surface area contributed by atoms with Gasteiger partial charge in [0.1, 0.15) is 5.84 Å². The van der Waals surface area contributed by atoms with E-state index in [4.69, 9.17) is 10.5 Å². The van der Waals surface area contributed by atoms with E-state index >= 15 is 0 Å². The molecule has 0 saturated carbocycles. The first kappa shape index (κ1) is 35.8. The molecule has 2 aliphatic rings. The van der Waals surface area contributed by atoms with Gasteiger partial charge in [0.2, 0.25) is 5.91 Å². The number of rotatable bonds is 13. The number of hydrogen-bond donors (Lipinski definition) is 3. The van der Waals surface area contributed by atoms with Crippen LogP contribution in [0.25, 0.3) is 17.2 Å². The van der Waals surface area contributed by atoms with Crippen LogP contribution in [-0.4, -0.2) is 98.4 Å². The lowest BCUT2D eigenvalue weighted by Gasteiger charge is -2.36. The summed E-state index contributed by atoms with van der Waals surface area (Å²) >= 11 is 0. The van der Waals surface area contributed by atoms with Crippen molar-refractivity contribution in [2.24, 2.45) is 10.7 Å². The molecule has 4 rings (SSSR count). The molecule has 0 radical (unpaired) electrons. The molecule has 11 nitrogen and oxygen atoms in total. The van der Waals surface area contributed by atoms with Gasteiger partial charge in [-0.15, -0.1) is 0 Å². The third kappa shape index (κ3) is 9.29. The Balaban J connectivity index is 1.46. The molecule has 4 N–H and O–H groups in total. The van der Waals surface area contributed by atoms with E-state index in [-0.39, 0.29) is 54.4 Å². The highest BCUT2D eigenvalue weighted by Crippen LogP contribution is 2.33. The van der Waals surface area contributed by atoms with Gasteiger partial charge >= 0.3 is 0 Å². The summed E-state index contributed by atoms with van der Waals surface area (Å²) in [6.07, 6.45) is 3.64. The Morgan fingerprint density at radius 2 is 1.91 bits per heavy atom. The maximum atomic E-state index is 13.6. The van der Waals surface area contributed by atoms with Crippen LogP contribution < -0.4 is 11.1 Å². The Kier molecular flexibility index (Phi) is 12.0. The molecule has 1 saturated heterocycles. The zero-order valence-corrected chi connectivity index (χ0v) is 28.4. The van der Waals surface area contributed by atoms with Gasteiger partial charge in [-0.25, -0.2) is 13.4 Å². The number of nitrogens with zero attached hydrogens (tertiary/aromatic N) is 3. The summed E-state index contributed by atoms with van der Waals surface area (Å²) in [5, 5.41) is 11.5. The third-order valence-electron chi connectivity index (χ3n) is 8.39. The number of amidine groups is 1. The van der Waals surface area contributed by atoms with E-state index in [0.29, 0.717) is 49.3 Å². The standard InChI is InChI=1S/C35H45N5O6S/c1-5-16-40(17-7-6-15-37-33(42)13-14-35(2,3)46-4)34(43)28-18-27-12-11-26(20-31(27)38-32(36)21-28)25-9-8-10-29(19-25)47(44,45)30-22-39(23-30)24-41/h8-12,18-20,30,41H,5,13-17,21-24H2,1-4H3,(H2,36,38)(H,37,42). The second kappa shape index (κ2) is 15.7. The lowest BCUT2D eigenvalue weighted by Crippen LogP contribution is -2.54. The summed E-state index contributed by atoms with van der Waals surface area (Å²) in [7, 11) is -1.92. The van der Waals surface area contributed by atoms with Gasteiger partial charge in [-0.2, -0.15) is 0 Å². The molecule has 1 fully saturated rings. The van der Waals surface area contributed by atoms with Crippen molar-refractivity contribution in [3.8, 4) is 23.0 Å². The van der Waals surface area contributed by atoms with Gasteiger partial charge in [0.25, 0.3) is 5.91 Å². The molecule has 2 amide bonds. The number of aliphatic hydroxyl groups excluding tert-OH is 1. The Morgan fingerprint density at radius 1 is 1.17 bits per heavy atom. The molecule has 0 aliphatic carbocycles. The van der Waals surface area contributed by atoms with E-state index in [2.05, 4.69) is 22.2 Å². The molecule has 2 aromatic rings. The predicted molar refractivity (Wildman–Crippen MR) is 183 cm³/mol. The topological polar surface area (TPSA) is 155 Å². The Morgan fingerprint density at radius 3 is 2.62 bits per heavy atom. The molecule has 2 heterocycles. The SMILES string of the molecule is CCCN(CC#CCNC(=O)CCC(C)(C)OC)C(=O)C1=Cc2ccc(-c3cccc(S(=O)(=O)C4CN(CO)C4)c3)cc2N=C(N)C1. The van der Waals surface area contributed by atoms with Crippen molar-refractivity contribution in [3.05, 3.63) is 53.6 Å². The molecule has 0 bridgehead atoms. The van der Waals surface area contributed by atoms with Crippen molar-refractivity contribution in [1.29, 1.82) is 0 Å². The van der Waals surface area contributed by atoms with Crippen molar-refractivity contribution in [3.63, 3.8) is 0 Å². The fourth-order valence-electron chi connectivity index (χ4n) is 5.27. The number of methoxy groups -OCH3 is 1. The van der Waals surface area contributed by atoms with Crippen molar-refractivity contribution < 1.29 is 27.9 Å². The lowest BCUT2D eigenvalue weighted by molar-refractivity contribution is -0.126. The maximum Gasteiger partial charge on any atom is 0.251 e. The van der Waals surface area contributed by atoms with Gasteiger partial charge in [-0.1, -0.05) is 43.0 Å². The number of amides is 2. The summed E-state index contributed by atoms with van der Waals surface area (Å²) in [5.74, 6) is 5.94.